The van der Waals surface area contributed by atoms with Gasteiger partial charge < -0.3 is 10.1 Å². The molecule has 2 N–H and O–H groups in total. The van der Waals surface area contributed by atoms with Crippen molar-refractivity contribution in [2.24, 2.45) is 0 Å². The van der Waals surface area contributed by atoms with E-state index in [1.54, 1.807) is 18.2 Å². The van der Waals surface area contributed by atoms with Crippen LogP contribution in [0, 0.1) is 11.6 Å². The minimum atomic E-state index is -0.468. The Morgan fingerprint density at radius 3 is 2.50 bits per heavy atom. The van der Waals surface area contributed by atoms with Gasteiger partial charge in [-0.05, 0) is 42.5 Å². The van der Waals surface area contributed by atoms with Crippen molar-refractivity contribution in [3.63, 3.8) is 0 Å². The van der Waals surface area contributed by atoms with Gasteiger partial charge in [0.1, 0.15) is 23.1 Å². The first-order valence-corrected chi connectivity index (χ1v) is 7.03. The predicted octanol–water partition coefficient (Wildman–Crippen LogP) is 3.62. The van der Waals surface area contributed by atoms with Crippen LogP contribution in [0.3, 0.4) is 0 Å². The molecular formula is C17H13F2N3O2. The van der Waals surface area contributed by atoms with Gasteiger partial charge in [0.05, 0.1) is 18.5 Å². The minimum Gasteiger partial charge on any atom is -0.494 e. The van der Waals surface area contributed by atoms with Crippen LogP contribution in [0.2, 0.25) is 0 Å². The van der Waals surface area contributed by atoms with E-state index in [0.717, 1.165) is 0 Å². The van der Waals surface area contributed by atoms with E-state index in [1.807, 2.05) is 0 Å². The number of nitrogens with one attached hydrogen (secondary N) is 2. The summed E-state index contributed by atoms with van der Waals surface area (Å²) in [5.74, 6) is -1.07. The Morgan fingerprint density at radius 2 is 1.79 bits per heavy atom. The molecule has 0 atom stereocenters. The molecule has 0 bridgehead atoms. The number of carbonyl (C=O) groups is 1. The summed E-state index contributed by atoms with van der Waals surface area (Å²) in [5.41, 5.74) is 1.72. The maximum atomic E-state index is 13.2. The van der Waals surface area contributed by atoms with E-state index in [-0.39, 0.29) is 17.3 Å². The summed E-state index contributed by atoms with van der Waals surface area (Å²) in [6.45, 7) is 0. The number of hydrogen-bond donors (Lipinski definition) is 2. The quantitative estimate of drug-likeness (QED) is 0.768. The average Bonchev–Trinajstić information content (AvgIpc) is 3.07. The zero-order chi connectivity index (χ0) is 17.1. The molecule has 0 spiro atoms. The number of hydrogen-bond acceptors (Lipinski definition) is 3. The molecule has 24 heavy (non-hydrogen) atoms. The van der Waals surface area contributed by atoms with Crippen molar-refractivity contribution >= 4 is 11.6 Å². The number of H-pyrrole nitrogens is 1. The van der Waals surface area contributed by atoms with E-state index in [9.17, 15) is 13.6 Å². The highest BCUT2D eigenvalue weighted by atomic mass is 19.1. The lowest BCUT2D eigenvalue weighted by Gasteiger charge is -2.09. The van der Waals surface area contributed by atoms with E-state index < -0.39 is 11.7 Å². The minimum absolute atomic E-state index is 0.209. The summed E-state index contributed by atoms with van der Waals surface area (Å²) in [5, 5.41) is 9.27. The van der Waals surface area contributed by atoms with E-state index in [1.165, 1.54) is 37.4 Å². The number of rotatable bonds is 4. The molecule has 1 amide bonds. The van der Waals surface area contributed by atoms with Crippen molar-refractivity contribution in [2.45, 2.75) is 0 Å². The van der Waals surface area contributed by atoms with Crippen LogP contribution < -0.4 is 10.1 Å². The molecule has 2 aromatic carbocycles. The molecule has 1 heterocycles. The predicted molar refractivity (Wildman–Crippen MR) is 84.9 cm³/mol. The van der Waals surface area contributed by atoms with Crippen molar-refractivity contribution in [1.29, 1.82) is 0 Å². The molecular weight excluding hydrogens is 316 g/mol. The monoisotopic (exact) mass is 329 g/mol. The molecule has 0 saturated heterocycles. The molecule has 3 rings (SSSR count). The number of aromatic amines is 1. The molecule has 5 nitrogen and oxygen atoms in total. The lowest BCUT2D eigenvalue weighted by atomic mass is 10.1. The normalized spacial score (nSPS) is 10.5. The molecule has 0 radical (unpaired) electrons. The first-order valence-electron chi connectivity index (χ1n) is 7.03. The third-order valence-electron chi connectivity index (χ3n) is 3.37. The number of benzene rings is 2. The topological polar surface area (TPSA) is 67.0 Å². The van der Waals surface area contributed by atoms with Crippen molar-refractivity contribution in [3.05, 3.63) is 65.9 Å². The van der Waals surface area contributed by atoms with E-state index in [0.29, 0.717) is 16.9 Å². The lowest BCUT2D eigenvalue weighted by molar-refractivity contribution is 0.102. The average molecular weight is 329 g/mol. The fourth-order valence-corrected chi connectivity index (χ4v) is 2.16. The fourth-order valence-electron chi connectivity index (χ4n) is 2.16. The fraction of sp³-hybridized carbons (Fsp3) is 0.0588. The molecule has 0 aliphatic heterocycles. The van der Waals surface area contributed by atoms with Gasteiger partial charge in [-0.25, -0.2) is 8.78 Å². The molecule has 0 aliphatic carbocycles. The SMILES string of the molecule is COc1cc(F)ccc1NC(=O)c1cc(-c2ccc(F)cc2)n[nH]1. The zero-order valence-corrected chi connectivity index (χ0v) is 12.6. The summed E-state index contributed by atoms with van der Waals surface area (Å²) in [4.78, 5) is 12.3. The number of nitrogens with zero attached hydrogens (tertiary/aromatic N) is 1. The lowest BCUT2D eigenvalue weighted by Crippen LogP contribution is -2.13. The second-order valence-electron chi connectivity index (χ2n) is 4.97. The van der Waals surface area contributed by atoms with Gasteiger partial charge in [-0.1, -0.05) is 0 Å². The Balaban J connectivity index is 1.80. The van der Waals surface area contributed by atoms with Crippen LogP contribution in [0.25, 0.3) is 11.3 Å². The van der Waals surface area contributed by atoms with Gasteiger partial charge in [0.25, 0.3) is 5.91 Å². The first kappa shape index (κ1) is 15.7. The largest absolute Gasteiger partial charge is 0.494 e. The standard InChI is InChI=1S/C17H13F2N3O2/c1-24-16-8-12(19)6-7-13(16)20-17(23)15-9-14(21-22-15)10-2-4-11(18)5-3-10/h2-9H,1H3,(H,20,23)(H,21,22). The van der Waals surface area contributed by atoms with Gasteiger partial charge >= 0.3 is 0 Å². The zero-order valence-electron chi connectivity index (χ0n) is 12.6. The Labute approximate surface area is 136 Å². The molecule has 0 unspecified atom stereocenters. The highest BCUT2D eigenvalue weighted by Crippen LogP contribution is 2.26. The molecule has 1 aromatic heterocycles. The van der Waals surface area contributed by atoms with Gasteiger partial charge in [-0.3, -0.25) is 9.89 Å². The second-order valence-corrected chi connectivity index (χ2v) is 4.97. The van der Waals surface area contributed by atoms with Crippen molar-refractivity contribution in [2.75, 3.05) is 12.4 Å². The molecule has 122 valence electrons. The molecule has 7 heteroatoms. The van der Waals surface area contributed by atoms with Crippen LogP contribution in [-0.2, 0) is 0 Å². The Morgan fingerprint density at radius 1 is 1.08 bits per heavy atom. The van der Waals surface area contributed by atoms with Gasteiger partial charge in [0.15, 0.2) is 0 Å². The van der Waals surface area contributed by atoms with Gasteiger partial charge in [-0.15, -0.1) is 0 Å². The van der Waals surface area contributed by atoms with Crippen LogP contribution in [0.1, 0.15) is 10.5 Å². The number of anilines is 1. The van der Waals surface area contributed by atoms with E-state index in [4.69, 9.17) is 4.74 Å². The van der Waals surface area contributed by atoms with Crippen LogP contribution in [-0.4, -0.2) is 23.2 Å². The van der Waals surface area contributed by atoms with E-state index in [2.05, 4.69) is 15.5 Å². The number of methoxy groups -OCH3 is 1. The summed E-state index contributed by atoms with van der Waals surface area (Å²) in [7, 11) is 1.38. The number of halogens is 2. The molecule has 0 saturated carbocycles. The third-order valence-corrected chi connectivity index (χ3v) is 3.37. The maximum Gasteiger partial charge on any atom is 0.273 e. The van der Waals surface area contributed by atoms with E-state index >= 15 is 0 Å². The molecule has 0 fully saturated rings. The summed E-state index contributed by atoms with van der Waals surface area (Å²) < 4.78 is 31.2. The van der Waals surface area contributed by atoms with Crippen molar-refractivity contribution in [1.82, 2.24) is 10.2 Å². The third kappa shape index (κ3) is 3.24. The number of aromatic nitrogens is 2. The first-order chi connectivity index (χ1) is 11.6. The molecule has 0 aliphatic rings. The Bertz CT molecular complexity index is 876. The van der Waals surface area contributed by atoms with Gasteiger partial charge in [-0.2, -0.15) is 5.10 Å². The number of amides is 1. The number of carbonyl (C=O) groups excluding carboxylic acids is 1. The smallest absolute Gasteiger partial charge is 0.273 e. The highest BCUT2D eigenvalue weighted by molar-refractivity contribution is 6.04. The Kier molecular flexibility index (Phi) is 4.24. The van der Waals surface area contributed by atoms with Crippen molar-refractivity contribution in [3.8, 4) is 17.0 Å². The van der Waals surface area contributed by atoms with Crippen LogP contribution in [0.4, 0.5) is 14.5 Å². The summed E-state index contributed by atoms with van der Waals surface area (Å²) in [6, 6.07) is 11.1. The van der Waals surface area contributed by atoms with Gasteiger partial charge in [0, 0.05) is 11.6 Å². The Hall–Kier alpha value is -3.22. The van der Waals surface area contributed by atoms with Gasteiger partial charge in [0.2, 0.25) is 0 Å². The van der Waals surface area contributed by atoms with Crippen LogP contribution in [0.15, 0.2) is 48.5 Å². The number of ether oxygens (including phenoxy) is 1. The summed E-state index contributed by atoms with van der Waals surface area (Å²) in [6.07, 6.45) is 0. The van der Waals surface area contributed by atoms with Crippen LogP contribution >= 0.6 is 0 Å². The molecule has 3 aromatic rings. The van der Waals surface area contributed by atoms with Crippen molar-refractivity contribution < 1.29 is 18.3 Å². The maximum absolute atomic E-state index is 13.2. The second kappa shape index (κ2) is 6.49. The summed E-state index contributed by atoms with van der Waals surface area (Å²) >= 11 is 0. The highest BCUT2D eigenvalue weighted by Gasteiger charge is 2.14. The van der Waals surface area contributed by atoms with Crippen LogP contribution in [0.5, 0.6) is 5.75 Å².